The van der Waals surface area contributed by atoms with Crippen LogP contribution in [0.3, 0.4) is 0 Å². The molecule has 10 heteroatoms. The maximum absolute atomic E-state index is 12.6. The number of carbonyl (C=O) groups is 1. The monoisotopic (exact) mass is 472 g/mol. The molecule has 0 aliphatic carbocycles. The number of benzene rings is 2. The van der Waals surface area contributed by atoms with Crippen molar-refractivity contribution in [1.29, 1.82) is 5.26 Å². The Labute approximate surface area is 194 Å². The van der Waals surface area contributed by atoms with Crippen molar-refractivity contribution in [2.24, 2.45) is 0 Å². The Hall–Kier alpha value is -2.73. The van der Waals surface area contributed by atoms with Gasteiger partial charge in [0.2, 0.25) is 11.9 Å². The number of hydrogen-bond donors (Lipinski definition) is 1. The molecular formula is C21H18Cl2N6OS. The van der Waals surface area contributed by atoms with Crippen LogP contribution in [-0.4, -0.2) is 39.5 Å². The fourth-order valence-electron chi connectivity index (χ4n) is 3.36. The predicted molar refractivity (Wildman–Crippen MR) is 123 cm³/mol. The van der Waals surface area contributed by atoms with Crippen LogP contribution in [0.15, 0.2) is 47.6 Å². The van der Waals surface area contributed by atoms with Gasteiger partial charge in [0.05, 0.1) is 27.7 Å². The highest BCUT2D eigenvalue weighted by Gasteiger charge is 2.24. The number of aromatic nitrogens is 3. The summed E-state index contributed by atoms with van der Waals surface area (Å²) in [5.74, 6) is 0.523. The molecule has 2 heterocycles. The minimum Gasteiger partial charge on any atom is -0.341 e. The largest absolute Gasteiger partial charge is 0.341 e. The van der Waals surface area contributed by atoms with Crippen LogP contribution >= 0.6 is 35.0 Å². The Morgan fingerprint density at radius 3 is 2.68 bits per heavy atom. The number of nitrogens with zero attached hydrogens (tertiary/aromatic N) is 5. The molecule has 3 aromatic rings. The molecule has 1 N–H and O–H groups in total. The molecule has 1 aliphatic rings. The van der Waals surface area contributed by atoms with E-state index < -0.39 is 0 Å². The van der Waals surface area contributed by atoms with Crippen molar-refractivity contribution in [2.75, 3.05) is 29.1 Å². The molecule has 7 nitrogen and oxygen atoms in total. The first-order valence-electron chi connectivity index (χ1n) is 9.64. The topological polar surface area (TPSA) is 86.8 Å². The lowest BCUT2D eigenvalue weighted by Gasteiger charge is -2.19. The van der Waals surface area contributed by atoms with Crippen molar-refractivity contribution in [2.45, 2.75) is 18.0 Å². The van der Waals surface area contributed by atoms with Gasteiger partial charge in [0, 0.05) is 18.1 Å². The Morgan fingerprint density at radius 1 is 1.16 bits per heavy atom. The molecule has 0 bridgehead atoms. The number of nitrogens with one attached hydrogen (secondary N) is 1. The number of carbonyl (C=O) groups excluding carboxylic acids is 1. The lowest BCUT2D eigenvalue weighted by atomic mass is 10.2. The highest BCUT2D eigenvalue weighted by atomic mass is 35.5. The van der Waals surface area contributed by atoms with Crippen LogP contribution in [0.4, 0.5) is 11.6 Å². The van der Waals surface area contributed by atoms with Gasteiger partial charge >= 0.3 is 0 Å². The summed E-state index contributed by atoms with van der Waals surface area (Å²) in [7, 11) is 0. The van der Waals surface area contributed by atoms with Gasteiger partial charge in [0.1, 0.15) is 6.07 Å². The minimum atomic E-state index is -0.278. The van der Waals surface area contributed by atoms with Crippen LogP contribution in [0, 0.1) is 11.3 Å². The molecule has 1 amide bonds. The smallest absolute Gasteiger partial charge is 0.234 e. The van der Waals surface area contributed by atoms with Gasteiger partial charge in [-0.3, -0.25) is 9.36 Å². The average Bonchev–Trinajstić information content (AvgIpc) is 3.42. The molecular weight excluding hydrogens is 455 g/mol. The van der Waals surface area contributed by atoms with Crippen molar-refractivity contribution in [1.82, 2.24) is 14.8 Å². The third-order valence-corrected chi connectivity index (χ3v) is 6.29. The van der Waals surface area contributed by atoms with Crippen molar-refractivity contribution in [3.05, 3.63) is 58.1 Å². The van der Waals surface area contributed by atoms with Gasteiger partial charge in [0.25, 0.3) is 0 Å². The van der Waals surface area contributed by atoms with Gasteiger partial charge in [0.15, 0.2) is 5.16 Å². The summed E-state index contributed by atoms with van der Waals surface area (Å²) < 4.78 is 1.89. The third-order valence-electron chi connectivity index (χ3n) is 4.81. The highest BCUT2D eigenvalue weighted by molar-refractivity contribution is 7.99. The van der Waals surface area contributed by atoms with E-state index in [4.69, 9.17) is 23.2 Å². The van der Waals surface area contributed by atoms with E-state index in [-0.39, 0.29) is 11.7 Å². The van der Waals surface area contributed by atoms with Gasteiger partial charge in [-0.2, -0.15) is 5.26 Å². The molecule has 1 aromatic heterocycles. The van der Waals surface area contributed by atoms with Crippen LogP contribution in [-0.2, 0) is 4.79 Å². The second kappa shape index (κ2) is 9.60. The first-order chi connectivity index (χ1) is 15.1. The standard InChI is InChI=1S/C21H18Cl2N6OS/c22-15-8-7-14(12-24)17(11-15)25-19(30)13-31-21-27-26-20(28-9-3-4-10-28)29(21)18-6-2-1-5-16(18)23/h1-2,5-8,11H,3-4,9-10,13H2,(H,25,30). The van der Waals surface area contributed by atoms with Crippen molar-refractivity contribution in [3.63, 3.8) is 0 Å². The molecule has 1 aliphatic heterocycles. The SMILES string of the molecule is N#Cc1ccc(Cl)cc1NC(=O)CSc1nnc(N2CCCC2)n1-c1ccccc1Cl. The number of hydrogen-bond acceptors (Lipinski definition) is 6. The maximum Gasteiger partial charge on any atom is 0.234 e. The third kappa shape index (κ3) is 4.79. The Kier molecular flexibility index (Phi) is 6.66. The summed E-state index contributed by atoms with van der Waals surface area (Å²) in [6, 6.07) is 14.3. The summed E-state index contributed by atoms with van der Waals surface area (Å²) in [6.07, 6.45) is 2.20. The van der Waals surface area contributed by atoms with E-state index in [2.05, 4.69) is 20.4 Å². The predicted octanol–water partition coefficient (Wildman–Crippen LogP) is 4.78. The van der Waals surface area contributed by atoms with Crippen LogP contribution in [0.25, 0.3) is 5.69 Å². The summed E-state index contributed by atoms with van der Waals surface area (Å²) in [4.78, 5) is 14.7. The number of anilines is 2. The lowest BCUT2D eigenvalue weighted by Crippen LogP contribution is -2.22. The van der Waals surface area contributed by atoms with Crippen LogP contribution in [0.5, 0.6) is 0 Å². The first kappa shape index (κ1) is 21.5. The normalized spacial score (nSPS) is 13.3. The van der Waals surface area contributed by atoms with Crippen LogP contribution in [0.2, 0.25) is 10.0 Å². The average molecular weight is 473 g/mol. The summed E-state index contributed by atoms with van der Waals surface area (Å²) in [5.41, 5.74) is 1.49. The van der Waals surface area contributed by atoms with E-state index in [0.29, 0.717) is 26.5 Å². The minimum absolute atomic E-state index is 0.0833. The second-order valence-electron chi connectivity index (χ2n) is 6.90. The maximum atomic E-state index is 12.6. The van der Waals surface area contributed by atoms with E-state index in [0.717, 1.165) is 37.6 Å². The quantitative estimate of drug-likeness (QED) is 0.519. The Morgan fingerprint density at radius 2 is 1.94 bits per heavy atom. The van der Waals surface area contributed by atoms with Gasteiger partial charge in [-0.05, 0) is 43.2 Å². The van der Waals surface area contributed by atoms with Gasteiger partial charge in [-0.25, -0.2) is 0 Å². The molecule has 0 spiro atoms. The summed E-state index contributed by atoms with van der Waals surface area (Å²) in [5, 5.41) is 22.3. The van der Waals surface area contributed by atoms with Crippen molar-refractivity contribution in [3.8, 4) is 11.8 Å². The molecule has 31 heavy (non-hydrogen) atoms. The fraction of sp³-hybridized carbons (Fsp3) is 0.238. The lowest BCUT2D eigenvalue weighted by molar-refractivity contribution is -0.113. The second-order valence-corrected chi connectivity index (χ2v) is 8.69. The number of rotatable bonds is 6. The Balaban J connectivity index is 1.56. The molecule has 0 radical (unpaired) electrons. The van der Waals surface area contributed by atoms with Gasteiger partial charge < -0.3 is 10.2 Å². The van der Waals surface area contributed by atoms with Gasteiger partial charge in [-0.1, -0.05) is 47.1 Å². The molecule has 2 aromatic carbocycles. The zero-order valence-electron chi connectivity index (χ0n) is 16.4. The number of para-hydroxylation sites is 1. The van der Waals surface area contributed by atoms with Crippen molar-refractivity contribution >= 4 is 52.5 Å². The summed E-state index contributed by atoms with van der Waals surface area (Å²) in [6.45, 7) is 1.80. The number of nitriles is 1. The van der Waals surface area contributed by atoms with E-state index in [9.17, 15) is 10.1 Å². The van der Waals surface area contributed by atoms with Crippen molar-refractivity contribution < 1.29 is 4.79 Å². The van der Waals surface area contributed by atoms with Crippen LogP contribution in [0.1, 0.15) is 18.4 Å². The molecule has 0 atom stereocenters. The molecule has 1 saturated heterocycles. The zero-order chi connectivity index (χ0) is 21.8. The number of thioether (sulfide) groups is 1. The van der Waals surface area contributed by atoms with Gasteiger partial charge in [-0.15, -0.1) is 10.2 Å². The first-order valence-corrected chi connectivity index (χ1v) is 11.4. The number of amides is 1. The molecule has 1 fully saturated rings. The molecule has 0 saturated carbocycles. The zero-order valence-corrected chi connectivity index (χ0v) is 18.7. The van der Waals surface area contributed by atoms with E-state index in [1.165, 1.54) is 11.8 Å². The number of halogens is 2. The fourth-order valence-corrected chi connectivity index (χ4v) is 4.49. The Bertz CT molecular complexity index is 1150. The van der Waals surface area contributed by atoms with Crippen LogP contribution < -0.4 is 10.2 Å². The summed E-state index contributed by atoms with van der Waals surface area (Å²) >= 11 is 13.7. The van der Waals surface area contributed by atoms with E-state index in [1.54, 1.807) is 18.2 Å². The molecule has 158 valence electrons. The molecule has 4 rings (SSSR count). The van der Waals surface area contributed by atoms with E-state index >= 15 is 0 Å². The molecule has 0 unspecified atom stereocenters. The highest BCUT2D eigenvalue weighted by Crippen LogP contribution is 2.32. The van der Waals surface area contributed by atoms with E-state index in [1.807, 2.05) is 34.9 Å².